The SMILES string of the molecule is Cc1c(N)c(C)c2c(C)c(CN3CCC(c4ccccc4)CC3)oc2c1C. The lowest BCUT2D eigenvalue weighted by molar-refractivity contribution is 0.192. The van der Waals surface area contributed by atoms with Gasteiger partial charge in [-0.15, -0.1) is 0 Å². The third kappa shape index (κ3) is 3.14. The number of aryl methyl sites for hydroxylation is 3. The molecule has 1 saturated heterocycles. The predicted molar refractivity (Wildman–Crippen MR) is 113 cm³/mol. The first-order chi connectivity index (χ1) is 13.0. The lowest BCUT2D eigenvalue weighted by Gasteiger charge is -2.31. The minimum absolute atomic E-state index is 0.686. The lowest BCUT2D eigenvalue weighted by atomic mass is 9.89. The highest BCUT2D eigenvalue weighted by molar-refractivity contribution is 5.93. The highest BCUT2D eigenvalue weighted by Crippen LogP contribution is 2.37. The van der Waals surface area contributed by atoms with E-state index in [1.54, 1.807) is 0 Å². The molecule has 2 N–H and O–H groups in total. The Morgan fingerprint density at radius 1 is 0.926 bits per heavy atom. The van der Waals surface area contributed by atoms with Crippen molar-refractivity contribution in [3.63, 3.8) is 0 Å². The summed E-state index contributed by atoms with van der Waals surface area (Å²) in [5, 5.41) is 1.21. The summed E-state index contributed by atoms with van der Waals surface area (Å²) in [6.07, 6.45) is 2.43. The van der Waals surface area contributed by atoms with E-state index in [9.17, 15) is 0 Å². The molecule has 2 heterocycles. The Balaban J connectivity index is 1.54. The molecule has 1 aliphatic heterocycles. The molecule has 3 heteroatoms. The second-order valence-corrected chi connectivity index (χ2v) is 8.10. The maximum atomic E-state index is 6.36. The predicted octanol–water partition coefficient (Wildman–Crippen LogP) is 5.63. The molecule has 0 saturated carbocycles. The standard InChI is InChI=1S/C24H30N2O/c1-15-16(2)24-22(18(4)23(15)25)17(3)21(27-24)14-26-12-10-20(11-13-26)19-8-6-5-7-9-19/h5-9,20H,10-14,25H2,1-4H3. The van der Waals surface area contributed by atoms with Gasteiger partial charge in [-0.05, 0) is 81.8 Å². The molecule has 0 unspecified atom stereocenters. The first kappa shape index (κ1) is 18.1. The van der Waals surface area contributed by atoms with Crippen LogP contribution in [-0.4, -0.2) is 18.0 Å². The maximum absolute atomic E-state index is 6.36. The minimum atomic E-state index is 0.686. The van der Waals surface area contributed by atoms with E-state index in [-0.39, 0.29) is 0 Å². The van der Waals surface area contributed by atoms with Gasteiger partial charge in [0.15, 0.2) is 0 Å². The van der Waals surface area contributed by atoms with Crippen molar-refractivity contribution in [1.29, 1.82) is 0 Å². The number of likely N-dealkylation sites (tertiary alicyclic amines) is 1. The molecular formula is C24H30N2O. The zero-order valence-electron chi connectivity index (χ0n) is 16.9. The number of hydrogen-bond donors (Lipinski definition) is 1. The van der Waals surface area contributed by atoms with Crippen LogP contribution in [0.1, 0.15) is 52.3 Å². The number of nitrogens with zero attached hydrogens (tertiary/aromatic N) is 1. The van der Waals surface area contributed by atoms with Crippen LogP contribution in [0.2, 0.25) is 0 Å². The van der Waals surface area contributed by atoms with Crippen molar-refractivity contribution < 1.29 is 4.42 Å². The Bertz CT molecular complexity index is 963. The number of nitrogens with two attached hydrogens (primary N) is 1. The highest BCUT2D eigenvalue weighted by atomic mass is 16.3. The molecule has 0 radical (unpaired) electrons. The van der Waals surface area contributed by atoms with Crippen LogP contribution in [-0.2, 0) is 6.54 Å². The Morgan fingerprint density at radius 2 is 1.59 bits per heavy atom. The summed E-state index contributed by atoms with van der Waals surface area (Å²) in [6.45, 7) is 11.6. The van der Waals surface area contributed by atoms with Crippen molar-refractivity contribution in [3.05, 3.63) is 63.9 Å². The topological polar surface area (TPSA) is 42.4 Å². The van der Waals surface area contributed by atoms with E-state index < -0.39 is 0 Å². The van der Waals surface area contributed by atoms with Gasteiger partial charge < -0.3 is 10.2 Å². The molecule has 1 fully saturated rings. The molecule has 0 amide bonds. The Hall–Kier alpha value is -2.26. The van der Waals surface area contributed by atoms with Gasteiger partial charge in [-0.2, -0.15) is 0 Å². The molecular weight excluding hydrogens is 332 g/mol. The fourth-order valence-electron chi connectivity index (χ4n) is 4.57. The van der Waals surface area contributed by atoms with Gasteiger partial charge in [0, 0.05) is 16.6 Å². The summed E-state index contributed by atoms with van der Waals surface area (Å²) in [6, 6.07) is 10.9. The molecule has 0 atom stereocenters. The average molecular weight is 363 g/mol. The Labute approximate surface area is 162 Å². The van der Waals surface area contributed by atoms with E-state index in [0.29, 0.717) is 5.92 Å². The van der Waals surface area contributed by atoms with Crippen LogP contribution in [0.25, 0.3) is 11.0 Å². The van der Waals surface area contributed by atoms with E-state index in [1.807, 2.05) is 0 Å². The van der Waals surface area contributed by atoms with Crippen molar-refractivity contribution in [2.75, 3.05) is 18.8 Å². The first-order valence-electron chi connectivity index (χ1n) is 10.0. The normalized spacial score (nSPS) is 16.3. The summed E-state index contributed by atoms with van der Waals surface area (Å²) in [5.74, 6) is 1.78. The van der Waals surface area contributed by atoms with Crippen molar-refractivity contribution >= 4 is 16.7 Å². The number of rotatable bonds is 3. The van der Waals surface area contributed by atoms with Crippen LogP contribution in [0, 0.1) is 27.7 Å². The van der Waals surface area contributed by atoms with E-state index in [0.717, 1.165) is 47.8 Å². The van der Waals surface area contributed by atoms with Crippen LogP contribution in [0.5, 0.6) is 0 Å². The molecule has 1 aliphatic rings. The third-order valence-electron chi connectivity index (χ3n) is 6.56. The van der Waals surface area contributed by atoms with E-state index in [2.05, 4.69) is 62.9 Å². The van der Waals surface area contributed by atoms with Crippen LogP contribution in [0.15, 0.2) is 34.7 Å². The van der Waals surface area contributed by atoms with Gasteiger partial charge in [-0.25, -0.2) is 0 Å². The van der Waals surface area contributed by atoms with Crippen molar-refractivity contribution in [1.82, 2.24) is 4.90 Å². The fourth-order valence-corrected chi connectivity index (χ4v) is 4.57. The summed E-state index contributed by atoms with van der Waals surface area (Å²) >= 11 is 0. The molecule has 0 bridgehead atoms. The van der Waals surface area contributed by atoms with Crippen LogP contribution in [0.4, 0.5) is 5.69 Å². The Kier molecular flexibility index (Phi) is 4.73. The van der Waals surface area contributed by atoms with Gasteiger partial charge in [0.2, 0.25) is 0 Å². The molecule has 27 heavy (non-hydrogen) atoms. The van der Waals surface area contributed by atoms with Gasteiger partial charge in [-0.3, -0.25) is 4.90 Å². The zero-order valence-corrected chi connectivity index (χ0v) is 16.9. The molecule has 2 aromatic carbocycles. The lowest BCUT2D eigenvalue weighted by Crippen LogP contribution is -2.32. The number of benzene rings is 2. The largest absolute Gasteiger partial charge is 0.459 e. The fraction of sp³-hybridized carbons (Fsp3) is 0.417. The van der Waals surface area contributed by atoms with Crippen molar-refractivity contribution in [3.8, 4) is 0 Å². The number of hydrogen-bond acceptors (Lipinski definition) is 3. The van der Waals surface area contributed by atoms with Gasteiger partial charge >= 0.3 is 0 Å². The second-order valence-electron chi connectivity index (χ2n) is 8.10. The van der Waals surface area contributed by atoms with Gasteiger partial charge in [0.25, 0.3) is 0 Å². The number of anilines is 1. The van der Waals surface area contributed by atoms with E-state index in [1.165, 1.54) is 34.9 Å². The quantitative estimate of drug-likeness (QED) is 0.614. The van der Waals surface area contributed by atoms with Gasteiger partial charge in [0.1, 0.15) is 11.3 Å². The molecule has 4 rings (SSSR count). The number of furan rings is 1. The molecule has 0 spiro atoms. The summed E-state index contributed by atoms with van der Waals surface area (Å²) in [5.41, 5.74) is 14.5. The third-order valence-corrected chi connectivity index (χ3v) is 6.56. The molecule has 142 valence electrons. The van der Waals surface area contributed by atoms with Gasteiger partial charge in [0.05, 0.1) is 6.54 Å². The Morgan fingerprint density at radius 3 is 2.26 bits per heavy atom. The summed E-state index contributed by atoms with van der Waals surface area (Å²) in [7, 11) is 0. The van der Waals surface area contributed by atoms with Crippen molar-refractivity contribution in [2.24, 2.45) is 0 Å². The second kappa shape index (κ2) is 7.05. The smallest absolute Gasteiger partial charge is 0.138 e. The first-order valence-corrected chi connectivity index (χ1v) is 10.0. The van der Waals surface area contributed by atoms with Crippen LogP contribution in [0.3, 0.4) is 0 Å². The van der Waals surface area contributed by atoms with Crippen LogP contribution >= 0.6 is 0 Å². The zero-order chi connectivity index (χ0) is 19.1. The summed E-state index contributed by atoms with van der Waals surface area (Å²) in [4.78, 5) is 2.53. The molecule has 3 aromatic rings. The van der Waals surface area contributed by atoms with Gasteiger partial charge in [-0.1, -0.05) is 30.3 Å². The molecule has 3 nitrogen and oxygen atoms in total. The number of fused-ring (bicyclic) bond motifs is 1. The average Bonchev–Trinajstić information content (AvgIpc) is 3.02. The minimum Gasteiger partial charge on any atom is -0.459 e. The number of piperidine rings is 1. The van der Waals surface area contributed by atoms with E-state index in [4.69, 9.17) is 10.2 Å². The van der Waals surface area contributed by atoms with Crippen molar-refractivity contribution in [2.45, 2.75) is 53.0 Å². The van der Waals surface area contributed by atoms with E-state index >= 15 is 0 Å². The van der Waals surface area contributed by atoms with Crippen LogP contribution < -0.4 is 5.73 Å². The maximum Gasteiger partial charge on any atom is 0.138 e. The molecule has 1 aromatic heterocycles. The highest BCUT2D eigenvalue weighted by Gasteiger charge is 2.24. The molecule has 0 aliphatic carbocycles. The number of nitrogen functional groups attached to an aromatic ring is 1. The monoisotopic (exact) mass is 362 g/mol. The summed E-state index contributed by atoms with van der Waals surface area (Å²) < 4.78 is 6.36.